The number of rotatable bonds is 6. The van der Waals surface area contributed by atoms with Crippen LogP contribution in [0.3, 0.4) is 0 Å². The van der Waals surface area contributed by atoms with Gasteiger partial charge in [0, 0.05) is 30.1 Å². The highest BCUT2D eigenvalue weighted by molar-refractivity contribution is 8.00. The van der Waals surface area contributed by atoms with Crippen LogP contribution in [0.25, 0.3) is 11.2 Å². The topological polar surface area (TPSA) is 35.6 Å². The zero-order valence-corrected chi connectivity index (χ0v) is 13.9. The Bertz CT molecular complexity index is 627. The molecule has 2 heterocycles. The lowest BCUT2D eigenvalue weighted by Crippen LogP contribution is -2.18. The molecule has 6 heteroatoms. The first-order valence-corrected chi connectivity index (χ1v) is 8.93. The van der Waals surface area contributed by atoms with Crippen LogP contribution in [0.2, 0.25) is 0 Å². The fourth-order valence-electron chi connectivity index (χ4n) is 2.79. The Hall–Kier alpha value is -0.680. The Kier molecular flexibility index (Phi) is 3.75. The number of nitrogens with zero attached hydrogens (tertiary/aromatic N) is 4. The fourth-order valence-corrected chi connectivity index (χ4v) is 3.72. The fraction of sp³-hybridized carbons (Fsp3) is 0.714. The SMILES string of the molecule is CCn1nc(C)c2nc(CCCl)n(CC3(SC)CC3)c21. The zero-order valence-electron chi connectivity index (χ0n) is 12.3. The summed E-state index contributed by atoms with van der Waals surface area (Å²) < 4.78 is 4.85. The number of halogens is 1. The van der Waals surface area contributed by atoms with Crippen molar-refractivity contribution in [2.45, 2.75) is 50.9 Å². The Morgan fingerprint density at radius 1 is 1.40 bits per heavy atom. The van der Waals surface area contributed by atoms with E-state index < -0.39 is 0 Å². The molecule has 0 saturated heterocycles. The summed E-state index contributed by atoms with van der Waals surface area (Å²) in [5.41, 5.74) is 3.24. The zero-order chi connectivity index (χ0) is 14.3. The third-order valence-electron chi connectivity index (χ3n) is 4.18. The van der Waals surface area contributed by atoms with Gasteiger partial charge in [0.05, 0.1) is 5.69 Å². The van der Waals surface area contributed by atoms with Gasteiger partial charge < -0.3 is 4.57 Å². The van der Waals surface area contributed by atoms with Gasteiger partial charge in [-0.15, -0.1) is 11.6 Å². The van der Waals surface area contributed by atoms with Gasteiger partial charge in [-0.05, 0) is 32.9 Å². The second-order valence-electron chi connectivity index (χ2n) is 5.51. The van der Waals surface area contributed by atoms with Gasteiger partial charge in [-0.3, -0.25) is 0 Å². The van der Waals surface area contributed by atoms with Crippen LogP contribution in [0.1, 0.15) is 31.3 Å². The van der Waals surface area contributed by atoms with Gasteiger partial charge >= 0.3 is 0 Å². The van der Waals surface area contributed by atoms with Crippen LogP contribution in [0.5, 0.6) is 0 Å². The first kappa shape index (κ1) is 14.3. The summed E-state index contributed by atoms with van der Waals surface area (Å²) in [6.07, 6.45) is 5.63. The molecular formula is C14H21ClN4S. The van der Waals surface area contributed by atoms with E-state index in [1.165, 1.54) is 18.5 Å². The molecule has 0 aliphatic heterocycles. The first-order chi connectivity index (χ1) is 9.64. The average Bonchev–Trinajstić information content (AvgIpc) is 3.05. The van der Waals surface area contributed by atoms with E-state index in [9.17, 15) is 0 Å². The van der Waals surface area contributed by atoms with Crippen LogP contribution in [-0.4, -0.2) is 36.2 Å². The van der Waals surface area contributed by atoms with Crippen LogP contribution >= 0.6 is 23.4 Å². The summed E-state index contributed by atoms with van der Waals surface area (Å²) in [7, 11) is 0. The summed E-state index contributed by atoms with van der Waals surface area (Å²) in [6.45, 7) is 6.08. The Morgan fingerprint density at radius 3 is 2.70 bits per heavy atom. The van der Waals surface area contributed by atoms with Crippen molar-refractivity contribution in [3.05, 3.63) is 11.5 Å². The van der Waals surface area contributed by atoms with Crippen LogP contribution in [-0.2, 0) is 19.5 Å². The number of hydrogen-bond acceptors (Lipinski definition) is 3. The molecule has 0 N–H and O–H groups in total. The molecule has 0 unspecified atom stereocenters. The van der Waals surface area contributed by atoms with Crippen LogP contribution in [0.15, 0.2) is 0 Å². The summed E-state index contributed by atoms with van der Waals surface area (Å²) >= 11 is 7.94. The van der Waals surface area contributed by atoms with E-state index in [0.29, 0.717) is 10.6 Å². The molecule has 2 aromatic heterocycles. The van der Waals surface area contributed by atoms with Crippen molar-refractivity contribution in [3.8, 4) is 0 Å². The van der Waals surface area contributed by atoms with Crippen molar-refractivity contribution in [2.24, 2.45) is 0 Å². The van der Waals surface area contributed by atoms with Crippen LogP contribution in [0, 0.1) is 6.92 Å². The predicted octanol–water partition coefficient (Wildman–Crippen LogP) is 3.24. The van der Waals surface area contributed by atoms with Crippen molar-refractivity contribution in [2.75, 3.05) is 12.1 Å². The largest absolute Gasteiger partial charge is 0.311 e. The number of aryl methyl sites for hydroxylation is 3. The number of imidazole rings is 1. The molecule has 1 fully saturated rings. The molecule has 3 rings (SSSR count). The highest BCUT2D eigenvalue weighted by Crippen LogP contribution is 2.49. The smallest absolute Gasteiger partial charge is 0.158 e. The normalized spacial score (nSPS) is 17.0. The minimum absolute atomic E-state index is 0.408. The molecule has 1 saturated carbocycles. The van der Waals surface area contributed by atoms with E-state index >= 15 is 0 Å². The lowest BCUT2D eigenvalue weighted by Gasteiger charge is -2.16. The highest BCUT2D eigenvalue weighted by Gasteiger charge is 2.43. The maximum absolute atomic E-state index is 5.96. The van der Waals surface area contributed by atoms with E-state index in [1.807, 2.05) is 18.7 Å². The van der Waals surface area contributed by atoms with Gasteiger partial charge in [-0.2, -0.15) is 16.9 Å². The van der Waals surface area contributed by atoms with Gasteiger partial charge in [-0.25, -0.2) is 9.67 Å². The van der Waals surface area contributed by atoms with Crippen LogP contribution < -0.4 is 0 Å². The van der Waals surface area contributed by atoms with Crippen molar-refractivity contribution in [1.29, 1.82) is 0 Å². The molecule has 0 amide bonds. The Morgan fingerprint density at radius 2 is 2.15 bits per heavy atom. The molecule has 1 aliphatic rings. The van der Waals surface area contributed by atoms with E-state index in [0.717, 1.165) is 36.5 Å². The van der Waals surface area contributed by atoms with Crippen molar-refractivity contribution in [1.82, 2.24) is 19.3 Å². The third-order valence-corrected chi connectivity index (χ3v) is 5.77. The summed E-state index contributed by atoms with van der Waals surface area (Å²) in [5, 5.41) is 4.60. The molecule has 20 heavy (non-hydrogen) atoms. The van der Waals surface area contributed by atoms with Gasteiger partial charge in [0.25, 0.3) is 0 Å². The number of hydrogen-bond donors (Lipinski definition) is 0. The quantitative estimate of drug-likeness (QED) is 0.768. The highest BCUT2D eigenvalue weighted by atomic mass is 35.5. The first-order valence-electron chi connectivity index (χ1n) is 7.18. The van der Waals surface area contributed by atoms with Gasteiger partial charge in [0.2, 0.25) is 0 Å². The number of aromatic nitrogens is 4. The summed E-state index contributed by atoms with van der Waals surface area (Å²) in [4.78, 5) is 4.80. The standard InChI is InChI=1S/C14H21ClN4S/c1-4-19-13-12(10(2)17-19)16-11(5-8-15)18(13)9-14(20-3)6-7-14/h4-9H2,1-3H3. The number of fused-ring (bicyclic) bond motifs is 1. The van der Waals surface area contributed by atoms with E-state index in [1.54, 1.807) is 0 Å². The monoisotopic (exact) mass is 312 g/mol. The molecule has 4 nitrogen and oxygen atoms in total. The van der Waals surface area contributed by atoms with E-state index in [4.69, 9.17) is 16.6 Å². The number of thioether (sulfide) groups is 1. The molecule has 110 valence electrons. The van der Waals surface area contributed by atoms with Crippen molar-refractivity contribution in [3.63, 3.8) is 0 Å². The predicted molar refractivity (Wildman–Crippen MR) is 85.8 cm³/mol. The Labute approximate surface area is 128 Å². The maximum atomic E-state index is 5.96. The molecule has 0 radical (unpaired) electrons. The Balaban J connectivity index is 2.12. The maximum Gasteiger partial charge on any atom is 0.158 e. The second kappa shape index (κ2) is 5.26. The van der Waals surface area contributed by atoms with Crippen molar-refractivity contribution >= 4 is 34.5 Å². The molecule has 0 atom stereocenters. The second-order valence-corrected chi connectivity index (χ2v) is 7.17. The van der Waals surface area contributed by atoms with Gasteiger partial charge in [0.1, 0.15) is 11.3 Å². The molecule has 1 aliphatic carbocycles. The van der Waals surface area contributed by atoms with Gasteiger partial charge in [0.15, 0.2) is 5.65 Å². The third kappa shape index (κ3) is 2.25. The minimum atomic E-state index is 0.408. The number of alkyl halides is 1. The molecule has 0 spiro atoms. The molecule has 2 aromatic rings. The molecular weight excluding hydrogens is 292 g/mol. The minimum Gasteiger partial charge on any atom is -0.311 e. The van der Waals surface area contributed by atoms with E-state index in [-0.39, 0.29) is 0 Å². The summed E-state index contributed by atoms with van der Waals surface area (Å²) in [5.74, 6) is 1.72. The lowest BCUT2D eigenvalue weighted by atomic mass is 10.3. The average molecular weight is 313 g/mol. The van der Waals surface area contributed by atoms with Crippen LogP contribution in [0.4, 0.5) is 0 Å². The molecule has 0 bridgehead atoms. The van der Waals surface area contributed by atoms with Crippen molar-refractivity contribution < 1.29 is 0 Å². The summed E-state index contributed by atoms with van der Waals surface area (Å²) in [6, 6.07) is 0. The molecule has 0 aromatic carbocycles. The lowest BCUT2D eigenvalue weighted by molar-refractivity contribution is 0.596. The van der Waals surface area contributed by atoms with E-state index in [2.05, 4.69) is 27.5 Å². The van der Waals surface area contributed by atoms with Gasteiger partial charge in [-0.1, -0.05) is 0 Å².